The average Bonchev–Trinajstić information content (AvgIpc) is 3.69. The molecular formula is C49H31N5O. The fourth-order valence-electron chi connectivity index (χ4n) is 7.18. The first-order chi connectivity index (χ1) is 27.3. The second kappa shape index (κ2) is 13.8. The van der Waals surface area contributed by atoms with Crippen molar-refractivity contribution in [3.63, 3.8) is 0 Å². The molecule has 0 bridgehead atoms. The van der Waals surface area contributed by atoms with Crippen molar-refractivity contribution in [1.82, 2.24) is 24.9 Å². The van der Waals surface area contributed by atoms with Gasteiger partial charge in [0.1, 0.15) is 11.3 Å². The summed E-state index contributed by atoms with van der Waals surface area (Å²) in [7, 11) is 0. The normalized spacial score (nSPS) is 11.3. The quantitative estimate of drug-likeness (QED) is 0.164. The zero-order valence-electron chi connectivity index (χ0n) is 29.5. The third-order valence-corrected chi connectivity index (χ3v) is 9.82. The third-order valence-electron chi connectivity index (χ3n) is 9.82. The monoisotopic (exact) mass is 705 g/mol. The van der Waals surface area contributed by atoms with E-state index in [1.807, 2.05) is 103 Å². The van der Waals surface area contributed by atoms with Crippen molar-refractivity contribution in [3.05, 3.63) is 188 Å². The zero-order valence-corrected chi connectivity index (χ0v) is 29.5. The van der Waals surface area contributed by atoms with Gasteiger partial charge in [0.2, 0.25) is 0 Å². The van der Waals surface area contributed by atoms with Crippen LogP contribution in [-0.2, 0) is 0 Å². The van der Waals surface area contributed by atoms with Crippen LogP contribution >= 0.6 is 0 Å². The second-order valence-electron chi connectivity index (χ2n) is 13.3. The van der Waals surface area contributed by atoms with E-state index in [0.29, 0.717) is 11.6 Å². The van der Waals surface area contributed by atoms with Crippen LogP contribution in [0.15, 0.2) is 193 Å². The van der Waals surface area contributed by atoms with Crippen molar-refractivity contribution < 1.29 is 4.42 Å². The number of hydrogen-bond donors (Lipinski definition) is 0. The topological polar surface area (TPSA) is 77.6 Å². The maximum absolute atomic E-state index is 6.81. The summed E-state index contributed by atoms with van der Waals surface area (Å²) in [6.45, 7) is 0. The molecule has 0 saturated carbocycles. The molecule has 0 radical (unpaired) electrons. The van der Waals surface area contributed by atoms with Crippen LogP contribution in [-0.4, -0.2) is 24.9 Å². The molecule has 6 nitrogen and oxygen atoms in total. The molecule has 0 amide bonds. The number of fused-ring (bicyclic) bond motifs is 3. The van der Waals surface area contributed by atoms with Crippen LogP contribution in [0.1, 0.15) is 0 Å². The van der Waals surface area contributed by atoms with Gasteiger partial charge in [-0.15, -0.1) is 0 Å². The summed E-state index contributed by atoms with van der Waals surface area (Å²) in [5, 5.41) is 1.83. The summed E-state index contributed by atoms with van der Waals surface area (Å²) in [4.78, 5) is 24.8. The Labute approximate surface area is 317 Å². The third kappa shape index (κ3) is 6.02. The summed E-state index contributed by atoms with van der Waals surface area (Å²) in [6, 6.07) is 59.4. The molecule has 5 heterocycles. The van der Waals surface area contributed by atoms with Crippen LogP contribution in [0.3, 0.4) is 0 Å². The lowest BCUT2D eigenvalue weighted by molar-refractivity contribution is 0.632. The predicted octanol–water partition coefficient (Wildman–Crippen LogP) is 12.2. The molecule has 0 atom stereocenters. The molecule has 0 unspecified atom stereocenters. The molecule has 258 valence electrons. The Kier molecular flexibility index (Phi) is 8.04. The Morgan fingerprint density at radius 2 is 0.964 bits per heavy atom. The zero-order chi connectivity index (χ0) is 36.6. The van der Waals surface area contributed by atoms with E-state index in [9.17, 15) is 0 Å². The summed E-state index contributed by atoms with van der Waals surface area (Å²) in [5.74, 6) is 1.36. The van der Waals surface area contributed by atoms with Gasteiger partial charge in [-0.05, 0) is 59.7 Å². The molecule has 5 aromatic heterocycles. The Morgan fingerprint density at radius 3 is 1.67 bits per heavy atom. The molecule has 0 N–H and O–H groups in total. The van der Waals surface area contributed by atoms with Crippen LogP contribution in [0.5, 0.6) is 0 Å². The molecule has 0 aliphatic rings. The smallest absolute Gasteiger partial charge is 0.163 e. The van der Waals surface area contributed by atoms with Crippen molar-refractivity contribution in [2.24, 2.45) is 0 Å². The average molecular weight is 706 g/mol. The Balaban J connectivity index is 1.10. The first kappa shape index (κ1) is 32.1. The Morgan fingerprint density at radius 1 is 0.382 bits per heavy atom. The molecule has 0 fully saturated rings. The van der Waals surface area contributed by atoms with E-state index in [4.69, 9.17) is 24.4 Å². The molecule has 0 aliphatic heterocycles. The second-order valence-corrected chi connectivity index (χ2v) is 13.3. The highest BCUT2D eigenvalue weighted by atomic mass is 16.3. The molecule has 0 spiro atoms. The van der Waals surface area contributed by atoms with Gasteiger partial charge in [-0.25, -0.2) is 15.0 Å². The summed E-state index contributed by atoms with van der Waals surface area (Å²) in [6.07, 6.45) is 3.59. The van der Waals surface area contributed by atoms with Crippen LogP contribution < -0.4 is 0 Å². The fourth-order valence-corrected chi connectivity index (χ4v) is 7.18. The summed E-state index contributed by atoms with van der Waals surface area (Å²) < 4.78 is 6.81. The van der Waals surface area contributed by atoms with Gasteiger partial charge >= 0.3 is 0 Å². The van der Waals surface area contributed by atoms with Crippen molar-refractivity contribution in [3.8, 4) is 79.0 Å². The van der Waals surface area contributed by atoms with Gasteiger partial charge in [-0.2, -0.15) is 0 Å². The molecule has 10 rings (SSSR count). The van der Waals surface area contributed by atoms with Gasteiger partial charge in [-0.1, -0.05) is 127 Å². The first-order valence-corrected chi connectivity index (χ1v) is 18.2. The maximum Gasteiger partial charge on any atom is 0.163 e. The number of nitrogens with zero attached hydrogens (tertiary/aromatic N) is 5. The highest BCUT2D eigenvalue weighted by Gasteiger charge is 2.25. The highest BCUT2D eigenvalue weighted by Crippen LogP contribution is 2.46. The fraction of sp³-hybridized carbons (Fsp3) is 0. The lowest BCUT2D eigenvalue weighted by atomic mass is 9.95. The van der Waals surface area contributed by atoms with Gasteiger partial charge in [0.25, 0.3) is 0 Å². The van der Waals surface area contributed by atoms with Crippen LogP contribution in [0.4, 0.5) is 0 Å². The Bertz CT molecular complexity index is 2890. The van der Waals surface area contributed by atoms with E-state index in [0.717, 1.165) is 89.3 Å². The van der Waals surface area contributed by atoms with E-state index in [1.165, 1.54) is 0 Å². The number of rotatable bonds is 7. The molecule has 5 aromatic carbocycles. The summed E-state index contributed by atoms with van der Waals surface area (Å²) in [5.41, 5.74) is 12.7. The van der Waals surface area contributed by atoms with Crippen molar-refractivity contribution in [2.75, 3.05) is 0 Å². The number of hydrogen-bond acceptors (Lipinski definition) is 6. The molecule has 0 saturated heterocycles. The minimum atomic E-state index is 0.663. The Hall–Kier alpha value is -7.57. The van der Waals surface area contributed by atoms with Crippen LogP contribution in [0.25, 0.3) is 101 Å². The lowest BCUT2D eigenvalue weighted by Gasteiger charge is -2.11. The number of aromatic nitrogens is 5. The summed E-state index contributed by atoms with van der Waals surface area (Å²) >= 11 is 0. The van der Waals surface area contributed by atoms with Crippen molar-refractivity contribution >= 4 is 21.9 Å². The van der Waals surface area contributed by atoms with Gasteiger partial charge in [0.15, 0.2) is 11.6 Å². The molecule has 6 heteroatoms. The minimum Gasteiger partial charge on any atom is -0.453 e. The molecule has 10 aromatic rings. The number of para-hydroxylation sites is 1. The van der Waals surface area contributed by atoms with E-state index in [1.54, 1.807) is 12.4 Å². The van der Waals surface area contributed by atoms with E-state index in [2.05, 4.69) is 77.8 Å². The van der Waals surface area contributed by atoms with Gasteiger partial charge < -0.3 is 4.42 Å². The van der Waals surface area contributed by atoms with Crippen molar-refractivity contribution in [2.45, 2.75) is 0 Å². The first-order valence-electron chi connectivity index (χ1n) is 18.2. The standard InChI is InChI=1S/C49H31N5O/c1-3-14-33(15-4-1)42-31-43(54-49(53-42)35-16-5-2-6-17-35)34-26-24-32(25-27-34)36-18-13-19-37(30-36)46-45-44(40-22-9-11-28-50-40)48(41-23-10-12-29-51-41)55-47(45)38-20-7-8-21-39(38)52-46/h1-31H. The van der Waals surface area contributed by atoms with Crippen LogP contribution in [0, 0.1) is 0 Å². The lowest BCUT2D eigenvalue weighted by Crippen LogP contribution is -1.95. The number of benzene rings is 5. The van der Waals surface area contributed by atoms with E-state index in [-0.39, 0.29) is 0 Å². The maximum atomic E-state index is 6.81. The largest absolute Gasteiger partial charge is 0.453 e. The molecule has 0 aliphatic carbocycles. The van der Waals surface area contributed by atoms with Gasteiger partial charge in [-0.3, -0.25) is 9.97 Å². The number of furan rings is 1. The van der Waals surface area contributed by atoms with E-state index < -0.39 is 0 Å². The van der Waals surface area contributed by atoms with Gasteiger partial charge in [0.05, 0.1) is 39.2 Å². The molecule has 55 heavy (non-hydrogen) atoms. The van der Waals surface area contributed by atoms with Gasteiger partial charge in [0, 0.05) is 40.0 Å². The number of pyridine rings is 3. The minimum absolute atomic E-state index is 0.663. The predicted molar refractivity (Wildman–Crippen MR) is 221 cm³/mol. The van der Waals surface area contributed by atoms with Crippen LogP contribution in [0.2, 0.25) is 0 Å². The molecular weight excluding hydrogens is 675 g/mol. The van der Waals surface area contributed by atoms with E-state index >= 15 is 0 Å². The SMILES string of the molecule is c1ccc(-c2cc(-c3ccc(-c4cccc(-c5nc6ccccc6c6oc(-c7ccccn7)c(-c7ccccn7)c56)c4)cc3)nc(-c3ccccc3)n2)cc1. The van der Waals surface area contributed by atoms with Crippen molar-refractivity contribution in [1.29, 1.82) is 0 Å². The highest BCUT2D eigenvalue weighted by molar-refractivity contribution is 6.16.